The Hall–Kier alpha value is -3.55. The number of amides is 3. The maximum absolute atomic E-state index is 12.4. The largest absolute Gasteiger partial charge is 0.497 e. The number of nitrogens with zero attached hydrogens (tertiary/aromatic N) is 1. The molecule has 0 aliphatic carbocycles. The number of carbonyl (C=O) groups is 3. The SMILES string of the molecule is COc1cc(OC)cc(C(=O)NCC(=O)N(C)CC(=O)Nc2cc(C)ccc2C)c1. The van der Waals surface area contributed by atoms with Gasteiger partial charge in [-0.25, -0.2) is 0 Å². The minimum Gasteiger partial charge on any atom is -0.497 e. The highest BCUT2D eigenvalue weighted by Gasteiger charge is 2.16. The second-order valence-corrected chi connectivity index (χ2v) is 6.90. The lowest BCUT2D eigenvalue weighted by molar-refractivity contribution is -0.132. The molecule has 0 aromatic heterocycles. The molecule has 0 spiro atoms. The Kier molecular flexibility index (Phi) is 7.80. The van der Waals surface area contributed by atoms with Crippen molar-refractivity contribution in [3.8, 4) is 11.5 Å². The van der Waals surface area contributed by atoms with Crippen molar-refractivity contribution < 1.29 is 23.9 Å². The molecule has 2 aromatic rings. The molecule has 160 valence electrons. The van der Waals surface area contributed by atoms with Gasteiger partial charge in [-0.05, 0) is 43.2 Å². The third kappa shape index (κ3) is 6.23. The van der Waals surface area contributed by atoms with E-state index in [2.05, 4.69) is 10.6 Å². The average Bonchev–Trinajstić information content (AvgIpc) is 2.73. The Labute approximate surface area is 176 Å². The topological polar surface area (TPSA) is 97.0 Å². The van der Waals surface area contributed by atoms with Gasteiger partial charge in [0.1, 0.15) is 11.5 Å². The fourth-order valence-electron chi connectivity index (χ4n) is 2.70. The Bertz CT molecular complexity index is 920. The average molecular weight is 413 g/mol. The number of anilines is 1. The van der Waals surface area contributed by atoms with Crippen LogP contribution in [-0.4, -0.2) is 57.0 Å². The smallest absolute Gasteiger partial charge is 0.251 e. The normalized spacial score (nSPS) is 10.2. The molecule has 30 heavy (non-hydrogen) atoms. The summed E-state index contributed by atoms with van der Waals surface area (Å²) in [6.07, 6.45) is 0. The van der Waals surface area contributed by atoms with Crippen LogP contribution in [0.2, 0.25) is 0 Å². The molecule has 0 aliphatic heterocycles. The Morgan fingerprint density at radius 2 is 1.60 bits per heavy atom. The number of carbonyl (C=O) groups excluding carboxylic acids is 3. The van der Waals surface area contributed by atoms with E-state index in [0.717, 1.165) is 11.1 Å². The molecular formula is C22H27N3O5. The summed E-state index contributed by atoms with van der Waals surface area (Å²) in [5, 5.41) is 5.35. The quantitative estimate of drug-likeness (QED) is 0.691. The molecule has 0 aliphatic rings. The van der Waals surface area contributed by atoms with Crippen LogP contribution < -0.4 is 20.1 Å². The van der Waals surface area contributed by atoms with Gasteiger partial charge in [0, 0.05) is 24.4 Å². The third-order valence-corrected chi connectivity index (χ3v) is 4.49. The van der Waals surface area contributed by atoms with E-state index in [9.17, 15) is 14.4 Å². The number of aryl methyl sites for hydroxylation is 2. The van der Waals surface area contributed by atoms with Crippen LogP contribution in [-0.2, 0) is 9.59 Å². The summed E-state index contributed by atoms with van der Waals surface area (Å²) >= 11 is 0. The van der Waals surface area contributed by atoms with E-state index in [4.69, 9.17) is 9.47 Å². The van der Waals surface area contributed by atoms with Crippen LogP contribution >= 0.6 is 0 Å². The van der Waals surface area contributed by atoms with Crippen LogP contribution in [0.25, 0.3) is 0 Å². The number of methoxy groups -OCH3 is 2. The maximum Gasteiger partial charge on any atom is 0.251 e. The number of nitrogens with one attached hydrogen (secondary N) is 2. The third-order valence-electron chi connectivity index (χ3n) is 4.49. The highest BCUT2D eigenvalue weighted by atomic mass is 16.5. The maximum atomic E-state index is 12.4. The van der Waals surface area contributed by atoms with E-state index in [0.29, 0.717) is 22.7 Å². The monoisotopic (exact) mass is 413 g/mol. The second kappa shape index (κ2) is 10.3. The van der Waals surface area contributed by atoms with Crippen molar-refractivity contribution in [1.82, 2.24) is 10.2 Å². The minimum absolute atomic E-state index is 0.130. The first-order chi connectivity index (χ1) is 14.2. The van der Waals surface area contributed by atoms with Crippen molar-refractivity contribution in [3.05, 3.63) is 53.1 Å². The van der Waals surface area contributed by atoms with E-state index in [-0.39, 0.29) is 19.0 Å². The minimum atomic E-state index is -0.450. The van der Waals surface area contributed by atoms with Gasteiger partial charge in [0.25, 0.3) is 5.91 Å². The van der Waals surface area contributed by atoms with Gasteiger partial charge in [-0.2, -0.15) is 0 Å². The molecule has 2 aromatic carbocycles. The lowest BCUT2D eigenvalue weighted by atomic mass is 10.1. The number of likely N-dealkylation sites (N-methyl/N-ethyl adjacent to an activating group) is 1. The fourth-order valence-corrected chi connectivity index (χ4v) is 2.70. The standard InChI is InChI=1S/C22H27N3O5/c1-14-6-7-15(2)19(8-14)24-20(26)13-25(3)21(27)12-23-22(28)16-9-17(29-4)11-18(10-16)30-5/h6-11H,12-13H2,1-5H3,(H,23,28)(H,24,26). The van der Waals surface area contributed by atoms with Gasteiger partial charge in [0.15, 0.2) is 0 Å². The van der Waals surface area contributed by atoms with Crippen molar-refractivity contribution >= 4 is 23.4 Å². The summed E-state index contributed by atoms with van der Waals surface area (Å²) < 4.78 is 10.3. The zero-order chi connectivity index (χ0) is 22.3. The van der Waals surface area contributed by atoms with E-state index in [1.54, 1.807) is 18.2 Å². The molecule has 0 saturated carbocycles. The van der Waals surface area contributed by atoms with Gasteiger partial charge < -0.3 is 25.0 Å². The van der Waals surface area contributed by atoms with Crippen LogP contribution in [0.3, 0.4) is 0 Å². The molecule has 0 atom stereocenters. The van der Waals surface area contributed by atoms with E-state index in [1.165, 1.54) is 26.2 Å². The molecule has 8 nitrogen and oxygen atoms in total. The lowest BCUT2D eigenvalue weighted by Crippen LogP contribution is -2.41. The first-order valence-corrected chi connectivity index (χ1v) is 9.35. The van der Waals surface area contributed by atoms with E-state index in [1.807, 2.05) is 32.0 Å². The molecule has 3 amide bonds. The van der Waals surface area contributed by atoms with Gasteiger partial charge in [0.2, 0.25) is 11.8 Å². The highest BCUT2D eigenvalue weighted by Crippen LogP contribution is 2.22. The van der Waals surface area contributed by atoms with Crippen LogP contribution in [0.1, 0.15) is 21.5 Å². The summed E-state index contributed by atoms with van der Waals surface area (Å²) in [5.41, 5.74) is 2.97. The van der Waals surface area contributed by atoms with Gasteiger partial charge in [-0.3, -0.25) is 14.4 Å². The van der Waals surface area contributed by atoms with E-state index < -0.39 is 11.8 Å². The zero-order valence-electron chi connectivity index (χ0n) is 17.9. The number of rotatable bonds is 8. The predicted octanol–water partition coefficient (Wildman–Crippen LogP) is 2.15. The Balaban J connectivity index is 1.90. The number of benzene rings is 2. The summed E-state index contributed by atoms with van der Waals surface area (Å²) in [6.45, 7) is 3.46. The summed E-state index contributed by atoms with van der Waals surface area (Å²) in [6, 6.07) is 10.5. The molecule has 2 rings (SSSR count). The van der Waals surface area contributed by atoms with Crippen molar-refractivity contribution in [2.75, 3.05) is 39.7 Å². The summed E-state index contributed by atoms with van der Waals surface area (Å²) in [5.74, 6) is -0.233. The van der Waals surface area contributed by atoms with Crippen LogP contribution in [0.4, 0.5) is 5.69 Å². The van der Waals surface area contributed by atoms with Crippen molar-refractivity contribution in [1.29, 1.82) is 0 Å². The Morgan fingerprint density at radius 3 is 2.20 bits per heavy atom. The van der Waals surface area contributed by atoms with Crippen molar-refractivity contribution in [2.24, 2.45) is 0 Å². The number of hydrogen-bond donors (Lipinski definition) is 2. The first-order valence-electron chi connectivity index (χ1n) is 9.35. The van der Waals surface area contributed by atoms with Gasteiger partial charge in [-0.1, -0.05) is 12.1 Å². The summed E-state index contributed by atoms with van der Waals surface area (Å²) in [7, 11) is 4.47. The first kappa shape index (κ1) is 22.7. The molecule has 0 heterocycles. The molecule has 8 heteroatoms. The lowest BCUT2D eigenvalue weighted by Gasteiger charge is -2.18. The molecule has 0 unspecified atom stereocenters. The van der Waals surface area contributed by atoms with Gasteiger partial charge in [-0.15, -0.1) is 0 Å². The number of ether oxygens (including phenoxy) is 2. The molecule has 2 N–H and O–H groups in total. The molecule has 0 bridgehead atoms. The predicted molar refractivity (Wildman–Crippen MR) is 114 cm³/mol. The van der Waals surface area contributed by atoms with Gasteiger partial charge >= 0.3 is 0 Å². The fraction of sp³-hybridized carbons (Fsp3) is 0.318. The van der Waals surface area contributed by atoms with Crippen LogP contribution in [0.15, 0.2) is 36.4 Å². The number of hydrogen-bond acceptors (Lipinski definition) is 5. The van der Waals surface area contributed by atoms with Crippen LogP contribution in [0, 0.1) is 13.8 Å². The zero-order valence-corrected chi connectivity index (χ0v) is 17.9. The Morgan fingerprint density at radius 1 is 0.967 bits per heavy atom. The molecular weight excluding hydrogens is 386 g/mol. The van der Waals surface area contributed by atoms with Crippen molar-refractivity contribution in [2.45, 2.75) is 13.8 Å². The van der Waals surface area contributed by atoms with Crippen molar-refractivity contribution in [3.63, 3.8) is 0 Å². The van der Waals surface area contributed by atoms with Crippen LogP contribution in [0.5, 0.6) is 11.5 Å². The van der Waals surface area contributed by atoms with Gasteiger partial charge in [0.05, 0.1) is 27.3 Å². The molecule has 0 radical (unpaired) electrons. The summed E-state index contributed by atoms with van der Waals surface area (Å²) in [4.78, 5) is 38.2. The molecule has 0 fully saturated rings. The highest BCUT2D eigenvalue weighted by molar-refractivity contribution is 5.98. The molecule has 0 saturated heterocycles. The van der Waals surface area contributed by atoms with E-state index >= 15 is 0 Å². The second-order valence-electron chi connectivity index (χ2n) is 6.90.